The van der Waals surface area contributed by atoms with Gasteiger partial charge in [-0.2, -0.15) is 0 Å². The summed E-state index contributed by atoms with van der Waals surface area (Å²) in [6, 6.07) is 4.17. The summed E-state index contributed by atoms with van der Waals surface area (Å²) in [5, 5.41) is 11.5. The van der Waals surface area contributed by atoms with Gasteiger partial charge in [0, 0.05) is 39.3 Å². The highest BCUT2D eigenvalue weighted by molar-refractivity contribution is 5.92. The van der Waals surface area contributed by atoms with Crippen LogP contribution in [-0.2, 0) is 0 Å². The topological polar surface area (TPSA) is 61.4 Å². The van der Waals surface area contributed by atoms with Crippen LogP contribution in [0.4, 0.5) is 5.82 Å². The molecule has 1 amide bonds. The Kier molecular flexibility index (Phi) is 3.99. The molecule has 0 aromatic carbocycles. The lowest BCUT2D eigenvalue weighted by Crippen LogP contribution is -2.55. The van der Waals surface area contributed by atoms with E-state index in [1.165, 1.54) is 0 Å². The minimum absolute atomic E-state index is 0.0435. The quantitative estimate of drug-likeness (QED) is 0.835. The highest BCUT2D eigenvalue weighted by Gasteiger charge is 2.26. The van der Waals surface area contributed by atoms with Gasteiger partial charge in [-0.25, -0.2) is 0 Å². The number of nitrogens with one attached hydrogen (secondary N) is 1. The van der Waals surface area contributed by atoms with E-state index < -0.39 is 0 Å². The molecule has 0 aliphatic carbocycles. The third-order valence-electron chi connectivity index (χ3n) is 3.17. The van der Waals surface area contributed by atoms with Crippen molar-refractivity contribution < 1.29 is 4.79 Å². The van der Waals surface area contributed by atoms with Gasteiger partial charge in [0.1, 0.15) is 0 Å². The van der Waals surface area contributed by atoms with Crippen LogP contribution in [0.5, 0.6) is 0 Å². The maximum atomic E-state index is 12.4. The van der Waals surface area contributed by atoms with Gasteiger partial charge in [0.2, 0.25) is 0 Å². The molecule has 1 fully saturated rings. The molecule has 2 rings (SSSR count). The number of carbonyl (C=O) groups excluding carboxylic acids is 1. The monoisotopic (exact) mass is 263 g/mol. The molecule has 6 nitrogen and oxygen atoms in total. The Balaban J connectivity index is 2.10. The van der Waals surface area contributed by atoms with E-state index in [9.17, 15) is 4.79 Å². The Hall–Kier alpha value is -1.69. The summed E-state index contributed by atoms with van der Waals surface area (Å²) >= 11 is 0. The molecule has 0 radical (unpaired) electrons. The molecule has 1 N–H and O–H groups in total. The summed E-state index contributed by atoms with van der Waals surface area (Å²) in [4.78, 5) is 16.0. The normalized spacial score (nSPS) is 23.3. The van der Waals surface area contributed by atoms with Crippen LogP contribution in [0.25, 0.3) is 0 Å². The number of amides is 1. The molecule has 19 heavy (non-hydrogen) atoms. The molecule has 1 aromatic heterocycles. The zero-order chi connectivity index (χ0) is 14.0. The fourth-order valence-electron chi connectivity index (χ4n) is 2.33. The first-order chi connectivity index (χ1) is 8.97. The van der Waals surface area contributed by atoms with Gasteiger partial charge in [-0.1, -0.05) is 0 Å². The largest absolute Gasteiger partial charge is 0.361 e. The minimum atomic E-state index is -0.0435. The first kappa shape index (κ1) is 13.7. The van der Waals surface area contributed by atoms with Gasteiger partial charge in [-0.15, -0.1) is 10.2 Å². The second-order valence-corrected chi connectivity index (χ2v) is 5.35. The predicted molar refractivity (Wildman–Crippen MR) is 74.3 cm³/mol. The lowest BCUT2D eigenvalue weighted by Gasteiger charge is -2.35. The molecule has 6 heteroatoms. The van der Waals surface area contributed by atoms with Crippen LogP contribution in [0.15, 0.2) is 12.1 Å². The van der Waals surface area contributed by atoms with E-state index >= 15 is 0 Å². The van der Waals surface area contributed by atoms with E-state index in [4.69, 9.17) is 0 Å². The first-order valence-corrected chi connectivity index (χ1v) is 6.53. The van der Waals surface area contributed by atoms with E-state index in [0.29, 0.717) is 30.9 Å². The number of hydrogen-bond donors (Lipinski definition) is 1. The van der Waals surface area contributed by atoms with Crippen LogP contribution in [0.2, 0.25) is 0 Å². The molecule has 1 aliphatic heterocycles. The molecular weight excluding hydrogens is 242 g/mol. The van der Waals surface area contributed by atoms with Crippen molar-refractivity contribution in [2.24, 2.45) is 0 Å². The summed E-state index contributed by atoms with van der Waals surface area (Å²) in [6.45, 7) is 5.58. The van der Waals surface area contributed by atoms with Crippen LogP contribution < -0.4 is 10.2 Å². The number of aromatic nitrogens is 2. The maximum absolute atomic E-state index is 12.4. The molecule has 104 valence electrons. The zero-order valence-corrected chi connectivity index (χ0v) is 11.9. The maximum Gasteiger partial charge on any atom is 0.274 e. The van der Waals surface area contributed by atoms with Gasteiger partial charge >= 0.3 is 0 Å². The molecule has 2 atom stereocenters. The molecule has 1 aliphatic rings. The van der Waals surface area contributed by atoms with Crippen molar-refractivity contribution in [3.63, 3.8) is 0 Å². The molecule has 1 aromatic rings. The van der Waals surface area contributed by atoms with E-state index in [1.54, 1.807) is 6.07 Å². The fraction of sp³-hybridized carbons (Fsp3) is 0.615. The molecule has 0 spiro atoms. The van der Waals surface area contributed by atoms with Crippen molar-refractivity contribution in [3.8, 4) is 0 Å². The lowest BCUT2D eigenvalue weighted by atomic mass is 10.1. The van der Waals surface area contributed by atoms with Crippen LogP contribution in [0.3, 0.4) is 0 Å². The zero-order valence-electron chi connectivity index (χ0n) is 11.9. The second-order valence-electron chi connectivity index (χ2n) is 5.35. The van der Waals surface area contributed by atoms with Crippen molar-refractivity contribution in [1.29, 1.82) is 0 Å². The summed E-state index contributed by atoms with van der Waals surface area (Å²) in [5.41, 5.74) is 0.409. The lowest BCUT2D eigenvalue weighted by molar-refractivity contribution is 0.0666. The standard InChI is InChI=1S/C13H21N5O/c1-9-7-18(8-10(2)14-9)13(19)11-5-6-12(16-15-11)17(3)4/h5-6,9-10,14H,7-8H2,1-4H3/t9-,10+. The van der Waals surface area contributed by atoms with Crippen molar-refractivity contribution in [2.45, 2.75) is 25.9 Å². The van der Waals surface area contributed by atoms with Gasteiger partial charge in [-0.3, -0.25) is 4.79 Å². The second kappa shape index (κ2) is 5.52. The van der Waals surface area contributed by atoms with E-state index in [2.05, 4.69) is 29.4 Å². The van der Waals surface area contributed by atoms with E-state index in [-0.39, 0.29) is 5.91 Å². The molecule has 1 saturated heterocycles. The first-order valence-electron chi connectivity index (χ1n) is 6.53. The summed E-state index contributed by atoms with van der Waals surface area (Å²) in [6.07, 6.45) is 0. The average Bonchev–Trinajstić information content (AvgIpc) is 2.37. The van der Waals surface area contributed by atoms with Gasteiger partial charge in [0.05, 0.1) is 0 Å². The molecular formula is C13H21N5O. The van der Waals surface area contributed by atoms with Crippen molar-refractivity contribution in [2.75, 3.05) is 32.1 Å². The van der Waals surface area contributed by atoms with Gasteiger partial charge in [-0.05, 0) is 26.0 Å². The van der Waals surface area contributed by atoms with Crippen molar-refractivity contribution in [3.05, 3.63) is 17.8 Å². The molecule has 0 saturated carbocycles. The van der Waals surface area contributed by atoms with Crippen LogP contribution in [-0.4, -0.2) is 60.3 Å². The molecule has 0 unspecified atom stereocenters. The van der Waals surface area contributed by atoms with Crippen molar-refractivity contribution in [1.82, 2.24) is 20.4 Å². The predicted octanol–water partition coefficient (Wildman–Crippen LogP) is 0.365. The number of anilines is 1. The highest BCUT2D eigenvalue weighted by Crippen LogP contribution is 2.10. The third-order valence-corrected chi connectivity index (χ3v) is 3.17. The SMILES string of the molecule is C[C@@H]1CN(C(=O)c2ccc(N(C)C)nn2)C[C@H](C)N1. The average molecular weight is 263 g/mol. The van der Waals surface area contributed by atoms with Crippen LogP contribution >= 0.6 is 0 Å². The van der Waals surface area contributed by atoms with Crippen LogP contribution in [0, 0.1) is 0 Å². The number of rotatable bonds is 2. The summed E-state index contributed by atoms with van der Waals surface area (Å²) < 4.78 is 0. The van der Waals surface area contributed by atoms with E-state index in [0.717, 1.165) is 5.82 Å². The van der Waals surface area contributed by atoms with Gasteiger partial charge in [0.15, 0.2) is 11.5 Å². The Morgan fingerprint density at radius 2 is 1.89 bits per heavy atom. The minimum Gasteiger partial charge on any atom is -0.361 e. The fourth-order valence-corrected chi connectivity index (χ4v) is 2.33. The highest BCUT2D eigenvalue weighted by atomic mass is 16.2. The number of piperazine rings is 1. The Labute approximate surface area is 113 Å². The third kappa shape index (κ3) is 3.20. The molecule has 0 bridgehead atoms. The van der Waals surface area contributed by atoms with Crippen LogP contribution in [0.1, 0.15) is 24.3 Å². The number of carbonyl (C=O) groups is 1. The van der Waals surface area contributed by atoms with Gasteiger partial charge in [0.25, 0.3) is 5.91 Å². The molecule has 2 heterocycles. The number of hydrogen-bond acceptors (Lipinski definition) is 5. The number of nitrogens with zero attached hydrogens (tertiary/aromatic N) is 4. The summed E-state index contributed by atoms with van der Waals surface area (Å²) in [5.74, 6) is 0.705. The van der Waals surface area contributed by atoms with Crippen molar-refractivity contribution >= 4 is 11.7 Å². The summed E-state index contributed by atoms with van der Waals surface area (Å²) in [7, 11) is 3.79. The Bertz CT molecular complexity index is 435. The smallest absolute Gasteiger partial charge is 0.274 e. The Morgan fingerprint density at radius 3 is 2.37 bits per heavy atom. The Morgan fingerprint density at radius 1 is 1.26 bits per heavy atom. The van der Waals surface area contributed by atoms with Gasteiger partial charge < -0.3 is 15.1 Å². The van der Waals surface area contributed by atoms with E-state index in [1.807, 2.05) is 30.0 Å².